The van der Waals surface area contributed by atoms with Crippen molar-refractivity contribution in [2.45, 2.75) is 59.0 Å². The number of phenols is 1. The lowest BCUT2D eigenvalue weighted by Crippen LogP contribution is -1.98. The topological polar surface area (TPSA) is 29.5 Å². The van der Waals surface area contributed by atoms with E-state index in [0.29, 0.717) is 12.4 Å². The maximum atomic E-state index is 9.73. The molecule has 0 spiro atoms. The number of benzene rings is 1. The van der Waals surface area contributed by atoms with E-state index < -0.39 is 0 Å². The van der Waals surface area contributed by atoms with Crippen molar-refractivity contribution in [3.05, 3.63) is 28.8 Å². The van der Waals surface area contributed by atoms with E-state index in [2.05, 4.69) is 6.92 Å². The number of unbranched alkanes of at least 4 members (excludes halogenated alkanes) is 4. The molecule has 0 aromatic heterocycles. The molecule has 2 nitrogen and oxygen atoms in total. The Hall–Kier alpha value is -0.290. The molecule has 1 rings (SSSR count). The molecular weight excluding hydrogens is 339 g/mol. The summed E-state index contributed by atoms with van der Waals surface area (Å²) in [5.41, 5.74) is 3.43. The van der Waals surface area contributed by atoms with E-state index in [1.807, 2.05) is 36.0 Å². The average molecular weight is 362 g/mol. The van der Waals surface area contributed by atoms with Crippen LogP contribution in [-0.4, -0.2) is 5.11 Å². The highest BCUT2D eigenvalue weighted by Crippen LogP contribution is 2.26. The lowest BCUT2D eigenvalue weighted by molar-refractivity contribution is 0.409. The second-order valence-corrected chi connectivity index (χ2v) is 5.39. The van der Waals surface area contributed by atoms with Gasteiger partial charge in [-0.25, -0.2) is 0 Å². The van der Waals surface area contributed by atoms with Crippen LogP contribution in [0.2, 0.25) is 0 Å². The average Bonchev–Trinajstić information content (AvgIpc) is 2.37. The van der Waals surface area contributed by atoms with Gasteiger partial charge in [0.1, 0.15) is 28.8 Å². The van der Waals surface area contributed by atoms with Crippen molar-refractivity contribution < 1.29 is 8.17 Å². The lowest BCUT2D eigenvalue weighted by Gasteiger charge is -2.12. The summed E-state index contributed by atoms with van der Waals surface area (Å²) in [6.07, 6.45) is 7.53. The van der Waals surface area contributed by atoms with Crippen molar-refractivity contribution >= 4 is 23.0 Å². The molecule has 0 aliphatic carbocycles. The highest BCUT2D eigenvalue weighted by atomic mass is 127. The number of phenolic OH excluding ortho intramolecular Hbond substituents is 1. The van der Waals surface area contributed by atoms with Crippen LogP contribution in [-0.2, 0) is 16.1 Å². The molecule has 0 bridgehead atoms. The third kappa shape index (κ3) is 4.76. The van der Waals surface area contributed by atoms with E-state index >= 15 is 0 Å². The van der Waals surface area contributed by atoms with E-state index in [-0.39, 0.29) is 0 Å². The predicted molar refractivity (Wildman–Crippen MR) is 84.1 cm³/mol. The first-order chi connectivity index (χ1) is 8.70. The SMILES string of the molecule is CCCCCCCc1ccc(O)c(C)c1COI. The van der Waals surface area contributed by atoms with Crippen LogP contribution < -0.4 is 0 Å². The Morgan fingerprint density at radius 2 is 1.89 bits per heavy atom. The van der Waals surface area contributed by atoms with Gasteiger partial charge in [-0.15, -0.1) is 0 Å². The molecule has 0 aliphatic heterocycles. The summed E-state index contributed by atoms with van der Waals surface area (Å²) in [6.45, 7) is 4.77. The second-order valence-electron chi connectivity index (χ2n) is 4.77. The zero-order valence-electron chi connectivity index (χ0n) is 11.3. The molecule has 0 radical (unpaired) electrons. The molecule has 0 unspecified atom stereocenters. The Morgan fingerprint density at radius 1 is 1.17 bits per heavy atom. The monoisotopic (exact) mass is 362 g/mol. The first kappa shape index (κ1) is 15.8. The largest absolute Gasteiger partial charge is 0.508 e. The Kier molecular flexibility index (Phi) is 7.66. The summed E-state index contributed by atoms with van der Waals surface area (Å²) in [6, 6.07) is 3.83. The van der Waals surface area contributed by atoms with Gasteiger partial charge in [-0.2, -0.15) is 0 Å². The van der Waals surface area contributed by atoms with Crippen LogP contribution in [0.15, 0.2) is 12.1 Å². The smallest absolute Gasteiger partial charge is 0.118 e. The van der Waals surface area contributed by atoms with Crippen molar-refractivity contribution in [3.8, 4) is 5.75 Å². The first-order valence-electron chi connectivity index (χ1n) is 6.74. The lowest BCUT2D eigenvalue weighted by atomic mass is 9.97. The number of hydrogen-bond acceptors (Lipinski definition) is 2. The molecule has 0 heterocycles. The summed E-state index contributed by atoms with van der Waals surface area (Å²) in [4.78, 5) is 0. The highest BCUT2D eigenvalue weighted by molar-refractivity contribution is 14.1. The number of halogens is 1. The minimum atomic E-state index is 0.369. The first-order valence-corrected chi connectivity index (χ1v) is 7.62. The van der Waals surface area contributed by atoms with Gasteiger partial charge in [0.2, 0.25) is 0 Å². The van der Waals surface area contributed by atoms with Crippen LogP contribution in [0.5, 0.6) is 5.75 Å². The van der Waals surface area contributed by atoms with Crippen LogP contribution >= 0.6 is 23.0 Å². The zero-order valence-corrected chi connectivity index (χ0v) is 13.5. The quantitative estimate of drug-likeness (QED) is 0.516. The third-order valence-electron chi connectivity index (χ3n) is 3.42. The minimum Gasteiger partial charge on any atom is -0.508 e. The second kappa shape index (κ2) is 8.75. The fourth-order valence-electron chi connectivity index (χ4n) is 2.21. The fourth-order valence-corrected chi connectivity index (χ4v) is 2.52. The maximum absolute atomic E-state index is 9.73. The molecule has 0 amide bonds. The summed E-state index contributed by atoms with van der Waals surface area (Å²) in [7, 11) is 0. The molecule has 0 aliphatic rings. The van der Waals surface area contributed by atoms with Gasteiger partial charge in [-0.3, -0.25) is 0 Å². The van der Waals surface area contributed by atoms with E-state index in [1.54, 1.807) is 6.07 Å². The Morgan fingerprint density at radius 3 is 2.56 bits per heavy atom. The molecule has 0 fully saturated rings. The van der Waals surface area contributed by atoms with Crippen LogP contribution in [0.4, 0.5) is 0 Å². The Labute approximate surface area is 124 Å². The van der Waals surface area contributed by atoms with Crippen molar-refractivity contribution in [2.75, 3.05) is 0 Å². The predicted octanol–water partition coefficient (Wildman–Crippen LogP) is 5.08. The molecule has 1 N–H and O–H groups in total. The van der Waals surface area contributed by atoms with E-state index in [0.717, 1.165) is 17.5 Å². The van der Waals surface area contributed by atoms with E-state index in [9.17, 15) is 5.11 Å². The molecule has 1 aromatic rings. The van der Waals surface area contributed by atoms with E-state index in [1.165, 1.54) is 37.7 Å². The molecule has 0 saturated carbocycles. The minimum absolute atomic E-state index is 0.369. The normalized spacial score (nSPS) is 10.8. The maximum Gasteiger partial charge on any atom is 0.118 e. The van der Waals surface area contributed by atoms with Crippen LogP contribution in [0, 0.1) is 6.92 Å². The van der Waals surface area contributed by atoms with Gasteiger partial charge in [-0.1, -0.05) is 38.7 Å². The van der Waals surface area contributed by atoms with Crippen molar-refractivity contribution in [2.24, 2.45) is 0 Å². The van der Waals surface area contributed by atoms with Crippen molar-refractivity contribution in [1.29, 1.82) is 0 Å². The zero-order chi connectivity index (χ0) is 13.4. The van der Waals surface area contributed by atoms with E-state index in [4.69, 9.17) is 3.07 Å². The summed E-state index contributed by atoms with van der Waals surface area (Å²) in [5, 5.41) is 9.73. The van der Waals surface area contributed by atoms with Gasteiger partial charge in [0.05, 0.1) is 6.61 Å². The Bertz CT molecular complexity index is 364. The highest BCUT2D eigenvalue weighted by Gasteiger charge is 2.09. The summed E-state index contributed by atoms with van der Waals surface area (Å²) in [5.74, 6) is 0.369. The third-order valence-corrected chi connectivity index (χ3v) is 3.73. The van der Waals surface area contributed by atoms with Gasteiger partial charge < -0.3 is 8.17 Å². The van der Waals surface area contributed by atoms with Crippen LogP contribution in [0.1, 0.15) is 55.7 Å². The molecule has 0 saturated heterocycles. The Balaban J connectivity index is 2.61. The molecule has 18 heavy (non-hydrogen) atoms. The molecule has 1 aromatic carbocycles. The molecular formula is C15H23IO2. The number of aryl methyl sites for hydroxylation is 1. The summed E-state index contributed by atoms with van der Waals surface area (Å²) < 4.78 is 5.21. The molecule has 102 valence electrons. The van der Waals surface area contributed by atoms with Gasteiger partial charge in [0, 0.05) is 0 Å². The number of aromatic hydroxyl groups is 1. The fraction of sp³-hybridized carbons (Fsp3) is 0.600. The van der Waals surface area contributed by atoms with Crippen LogP contribution in [0.25, 0.3) is 0 Å². The van der Waals surface area contributed by atoms with Crippen molar-refractivity contribution in [1.82, 2.24) is 0 Å². The van der Waals surface area contributed by atoms with Gasteiger partial charge in [-0.05, 0) is 42.5 Å². The van der Waals surface area contributed by atoms with Crippen molar-refractivity contribution in [3.63, 3.8) is 0 Å². The number of rotatable bonds is 8. The van der Waals surface area contributed by atoms with Gasteiger partial charge in [0.25, 0.3) is 0 Å². The molecule has 3 heteroatoms. The standard InChI is InChI=1S/C15H23IO2/c1-3-4-5-6-7-8-13-9-10-15(17)12(2)14(13)11-18-16/h9-10,17H,3-8,11H2,1-2H3. The van der Waals surface area contributed by atoms with Crippen LogP contribution in [0.3, 0.4) is 0 Å². The summed E-state index contributed by atoms with van der Waals surface area (Å²) >= 11 is 1.91. The van der Waals surface area contributed by atoms with Gasteiger partial charge in [0.15, 0.2) is 0 Å². The van der Waals surface area contributed by atoms with Gasteiger partial charge >= 0.3 is 0 Å². The number of hydrogen-bond donors (Lipinski definition) is 1. The molecule has 0 atom stereocenters.